The highest BCUT2D eigenvalue weighted by Crippen LogP contribution is 2.10. The smallest absolute Gasteiger partial charge is 0.338 e. The van der Waals surface area contributed by atoms with Gasteiger partial charge < -0.3 is 28.4 Å². The number of aryl methyl sites for hydroxylation is 2. The summed E-state index contributed by atoms with van der Waals surface area (Å²) in [7, 11) is 0. The zero-order chi connectivity index (χ0) is 24.5. The van der Waals surface area contributed by atoms with Gasteiger partial charge in [0.05, 0.1) is 11.1 Å². The Morgan fingerprint density at radius 2 is 1.06 bits per heavy atom. The van der Waals surface area contributed by atoms with Crippen molar-refractivity contribution in [2.24, 2.45) is 0 Å². The summed E-state index contributed by atoms with van der Waals surface area (Å²) in [6.07, 6.45) is -1.56. The molecule has 0 bridgehead atoms. The lowest BCUT2D eigenvalue weighted by Crippen LogP contribution is -2.19. The van der Waals surface area contributed by atoms with Crippen LogP contribution in [0.15, 0.2) is 48.5 Å². The molecule has 0 radical (unpaired) electrons. The van der Waals surface area contributed by atoms with Gasteiger partial charge in [0.25, 0.3) is 0 Å². The Morgan fingerprint density at radius 1 is 0.706 bits per heavy atom. The second-order valence-electron chi connectivity index (χ2n) is 7.39. The number of esters is 4. The van der Waals surface area contributed by atoms with Crippen LogP contribution in [0.5, 0.6) is 0 Å². The molecule has 2 heterocycles. The van der Waals surface area contributed by atoms with Crippen LogP contribution >= 0.6 is 0 Å². The summed E-state index contributed by atoms with van der Waals surface area (Å²) in [5.74, 6) is -1.81. The zero-order valence-corrected chi connectivity index (χ0v) is 18.7. The van der Waals surface area contributed by atoms with E-state index in [1.807, 2.05) is 38.1 Å². The number of carbonyl (C=O) groups is 4. The molecule has 0 aliphatic carbocycles. The molecule has 4 rings (SSSR count). The zero-order valence-electron chi connectivity index (χ0n) is 18.7. The van der Waals surface area contributed by atoms with Gasteiger partial charge >= 0.3 is 23.9 Å². The molecule has 1 unspecified atom stereocenters. The van der Waals surface area contributed by atoms with Gasteiger partial charge in [-0.3, -0.25) is 0 Å². The second kappa shape index (κ2) is 11.9. The molecule has 2 aromatic rings. The molecule has 0 spiro atoms. The Morgan fingerprint density at radius 3 is 1.35 bits per heavy atom. The van der Waals surface area contributed by atoms with Crippen molar-refractivity contribution in [3.05, 3.63) is 70.8 Å². The van der Waals surface area contributed by atoms with Crippen LogP contribution in [-0.4, -0.2) is 62.9 Å². The number of benzene rings is 2. The first-order valence-corrected chi connectivity index (χ1v) is 10.4. The lowest BCUT2D eigenvalue weighted by molar-refractivity contribution is -0.147. The van der Waals surface area contributed by atoms with Gasteiger partial charge in [-0.25, -0.2) is 19.2 Å². The van der Waals surface area contributed by atoms with Crippen molar-refractivity contribution in [1.82, 2.24) is 0 Å². The van der Waals surface area contributed by atoms with Gasteiger partial charge in [0.15, 0.2) is 13.2 Å². The van der Waals surface area contributed by atoms with E-state index in [0.29, 0.717) is 11.1 Å². The van der Waals surface area contributed by atoms with E-state index in [-0.39, 0.29) is 26.4 Å². The van der Waals surface area contributed by atoms with Crippen LogP contribution in [-0.2, 0) is 38.0 Å². The number of hydrogen-bond donors (Lipinski definition) is 0. The van der Waals surface area contributed by atoms with Crippen LogP contribution < -0.4 is 0 Å². The third kappa shape index (κ3) is 7.68. The molecule has 2 fully saturated rings. The number of cyclic esters (lactones) is 2. The van der Waals surface area contributed by atoms with Gasteiger partial charge in [0, 0.05) is 0 Å². The van der Waals surface area contributed by atoms with Crippen molar-refractivity contribution >= 4 is 23.9 Å². The second-order valence-corrected chi connectivity index (χ2v) is 7.39. The van der Waals surface area contributed by atoms with E-state index >= 15 is 0 Å². The molecule has 2 aromatic carbocycles. The summed E-state index contributed by atoms with van der Waals surface area (Å²) in [5, 5.41) is 0. The highest BCUT2D eigenvalue weighted by Gasteiger charge is 2.26. The topological polar surface area (TPSA) is 124 Å². The first-order valence-electron chi connectivity index (χ1n) is 10.4. The van der Waals surface area contributed by atoms with Crippen molar-refractivity contribution in [3.63, 3.8) is 0 Å². The van der Waals surface area contributed by atoms with E-state index in [0.717, 1.165) is 11.1 Å². The van der Waals surface area contributed by atoms with Crippen molar-refractivity contribution < 1.29 is 47.6 Å². The normalized spacial score (nSPS) is 18.9. The summed E-state index contributed by atoms with van der Waals surface area (Å²) in [4.78, 5) is 44.6. The number of hydrogen-bond acceptors (Lipinski definition) is 10. The summed E-state index contributed by atoms with van der Waals surface area (Å²) in [5.41, 5.74) is 3.05. The minimum atomic E-state index is -0.781. The molecule has 34 heavy (non-hydrogen) atoms. The van der Waals surface area contributed by atoms with Gasteiger partial charge in [-0.1, -0.05) is 35.4 Å². The van der Waals surface area contributed by atoms with Gasteiger partial charge in [0.2, 0.25) is 12.6 Å². The fraction of sp³-hybridized carbons (Fsp3) is 0.333. The lowest BCUT2D eigenvalue weighted by Gasteiger charge is -2.09. The number of carbonyl (C=O) groups excluding carboxylic acids is 4. The minimum absolute atomic E-state index is 0.0849. The Bertz CT molecular complexity index is 930. The molecule has 10 nitrogen and oxygen atoms in total. The highest BCUT2D eigenvalue weighted by atomic mass is 16.8. The SMILES string of the molecule is Cc1ccc(C(=O)OCC2OCC(=O)O2)cc1.Cc1ccc(C(=O)OC[C@@H]2OCC(=O)O2)cc1. The predicted molar refractivity (Wildman–Crippen MR) is 115 cm³/mol. The average Bonchev–Trinajstić information content (AvgIpc) is 3.44. The van der Waals surface area contributed by atoms with E-state index in [1.165, 1.54) is 0 Å². The van der Waals surface area contributed by atoms with Crippen molar-refractivity contribution in [3.8, 4) is 0 Å². The Kier molecular flexibility index (Phi) is 8.72. The number of rotatable bonds is 6. The van der Waals surface area contributed by atoms with Gasteiger partial charge in [-0.05, 0) is 38.1 Å². The lowest BCUT2D eigenvalue weighted by atomic mass is 10.1. The summed E-state index contributed by atoms with van der Waals surface area (Å²) >= 11 is 0. The maximum atomic E-state index is 11.6. The molecule has 10 heteroatoms. The fourth-order valence-electron chi connectivity index (χ4n) is 2.75. The molecule has 2 aliphatic heterocycles. The van der Waals surface area contributed by atoms with Crippen molar-refractivity contribution in [2.75, 3.05) is 26.4 Å². The molecule has 0 amide bonds. The van der Waals surface area contributed by atoms with Crippen molar-refractivity contribution in [1.29, 1.82) is 0 Å². The molecule has 0 saturated carbocycles. The number of ether oxygens (including phenoxy) is 6. The molecule has 0 N–H and O–H groups in total. The maximum absolute atomic E-state index is 11.6. The third-order valence-electron chi connectivity index (χ3n) is 4.58. The average molecular weight is 472 g/mol. The van der Waals surface area contributed by atoms with Gasteiger partial charge in [-0.15, -0.1) is 0 Å². The van der Waals surface area contributed by atoms with Crippen LogP contribution in [0, 0.1) is 13.8 Å². The van der Waals surface area contributed by atoms with E-state index < -0.39 is 36.5 Å². The first-order chi connectivity index (χ1) is 16.3. The third-order valence-corrected chi connectivity index (χ3v) is 4.58. The van der Waals surface area contributed by atoms with Crippen LogP contribution in [0.25, 0.3) is 0 Å². The minimum Gasteiger partial charge on any atom is -0.455 e. The summed E-state index contributed by atoms with van der Waals surface area (Å²) < 4.78 is 29.2. The summed E-state index contributed by atoms with van der Waals surface area (Å²) in [6, 6.07) is 14.0. The molecular formula is C24H24O10. The largest absolute Gasteiger partial charge is 0.455 e. The van der Waals surface area contributed by atoms with E-state index in [2.05, 4.69) is 0 Å². The van der Waals surface area contributed by atoms with E-state index in [4.69, 9.17) is 28.4 Å². The molecule has 2 saturated heterocycles. The van der Waals surface area contributed by atoms with Gasteiger partial charge in [-0.2, -0.15) is 0 Å². The van der Waals surface area contributed by atoms with Gasteiger partial charge in [0.1, 0.15) is 13.2 Å². The molecule has 2 atom stereocenters. The van der Waals surface area contributed by atoms with E-state index in [9.17, 15) is 19.2 Å². The van der Waals surface area contributed by atoms with Crippen LogP contribution in [0.3, 0.4) is 0 Å². The molecule has 0 aromatic heterocycles. The van der Waals surface area contributed by atoms with Crippen LogP contribution in [0.1, 0.15) is 31.8 Å². The predicted octanol–water partition coefficient (Wildman–Crippen LogP) is 2.10. The standard InChI is InChI=1S/2C12H12O5/c2*1-8-2-4-9(5-3-8)12(14)16-7-11-15-6-10(13)17-11/h2*2-5,11H,6-7H2,1H3/t11-;/m1./s1. The maximum Gasteiger partial charge on any atom is 0.338 e. The quantitative estimate of drug-likeness (QED) is 0.456. The Labute approximate surface area is 195 Å². The Hall–Kier alpha value is -3.76. The fourth-order valence-corrected chi connectivity index (χ4v) is 2.75. The van der Waals surface area contributed by atoms with Crippen LogP contribution in [0.2, 0.25) is 0 Å². The van der Waals surface area contributed by atoms with Crippen LogP contribution in [0.4, 0.5) is 0 Å². The Balaban J connectivity index is 0.000000191. The monoisotopic (exact) mass is 472 g/mol. The first kappa shape index (κ1) is 24.9. The molecule has 2 aliphatic rings. The summed E-state index contributed by atoms with van der Waals surface area (Å²) in [6.45, 7) is 3.51. The highest BCUT2D eigenvalue weighted by molar-refractivity contribution is 5.89. The molecule has 180 valence electrons. The molecular weight excluding hydrogens is 448 g/mol. The van der Waals surface area contributed by atoms with Crippen molar-refractivity contribution in [2.45, 2.75) is 26.4 Å². The van der Waals surface area contributed by atoms with E-state index in [1.54, 1.807) is 24.3 Å².